The number of amides is 1. The molecule has 44 heavy (non-hydrogen) atoms. The predicted octanol–water partition coefficient (Wildman–Crippen LogP) is 5.52. The number of alkyl halides is 2. The van der Waals surface area contributed by atoms with Crippen LogP contribution in [0.5, 0.6) is 5.88 Å². The number of fused-ring (bicyclic) bond motifs is 2. The molecule has 2 aromatic carbocycles. The molecule has 0 saturated carbocycles. The van der Waals surface area contributed by atoms with Gasteiger partial charge in [-0.15, -0.1) is 0 Å². The molecule has 0 radical (unpaired) electrons. The van der Waals surface area contributed by atoms with Crippen molar-refractivity contribution in [1.82, 2.24) is 24.8 Å². The fraction of sp³-hybridized carbons (Fsp3) is 0.412. The Hall–Kier alpha value is -4.18. The number of ether oxygens (including phenoxy) is 1. The van der Waals surface area contributed by atoms with Crippen LogP contribution >= 0.6 is 0 Å². The minimum atomic E-state index is -2.59. The second-order valence-corrected chi connectivity index (χ2v) is 12.2. The maximum absolute atomic E-state index is 13.7. The van der Waals surface area contributed by atoms with Gasteiger partial charge in [0.2, 0.25) is 5.88 Å². The second kappa shape index (κ2) is 11.4. The average Bonchev–Trinajstić information content (AvgIpc) is 3.43. The molecular formula is C34H36F2N6O2. The number of piperidine rings is 1. The number of benzene rings is 2. The lowest BCUT2D eigenvalue weighted by Crippen LogP contribution is -2.46. The first-order valence-electron chi connectivity index (χ1n) is 15.3. The van der Waals surface area contributed by atoms with Gasteiger partial charge in [0, 0.05) is 74.0 Å². The number of nitrogens with zero attached hydrogens (tertiary/aromatic N) is 6. The molecule has 0 atom stereocenters. The third-order valence-corrected chi connectivity index (χ3v) is 9.42. The maximum Gasteiger partial charge on any atom is 0.261 e. The van der Waals surface area contributed by atoms with Crippen molar-refractivity contribution < 1.29 is 18.3 Å². The van der Waals surface area contributed by atoms with Crippen molar-refractivity contribution in [3.8, 4) is 17.0 Å². The van der Waals surface area contributed by atoms with Crippen LogP contribution in [0.15, 0.2) is 55.0 Å². The van der Waals surface area contributed by atoms with E-state index in [9.17, 15) is 13.6 Å². The molecule has 0 spiro atoms. The van der Waals surface area contributed by atoms with Crippen LogP contribution in [-0.4, -0.2) is 82.5 Å². The van der Waals surface area contributed by atoms with Gasteiger partial charge in [-0.2, -0.15) is 0 Å². The van der Waals surface area contributed by atoms with E-state index in [1.165, 1.54) is 5.56 Å². The van der Waals surface area contributed by atoms with Crippen LogP contribution in [-0.2, 0) is 13.0 Å². The van der Waals surface area contributed by atoms with Crippen LogP contribution in [0.25, 0.3) is 22.0 Å². The lowest BCUT2D eigenvalue weighted by Gasteiger charge is -2.37. The Balaban J connectivity index is 1.10. The molecule has 7 rings (SSSR count). The first-order chi connectivity index (χ1) is 21.3. The van der Waals surface area contributed by atoms with E-state index in [2.05, 4.69) is 40.0 Å². The van der Waals surface area contributed by atoms with Crippen LogP contribution < -0.4 is 9.64 Å². The number of carbonyl (C=O) groups is 1. The fourth-order valence-electron chi connectivity index (χ4n) is 6.98. The molecule has 1 amide bonds. The highest BCUT2D eigenvalue weighted by atomic mass is 19.3. The van der Waals surface area contributed by atoms with Gasteiger partial charge < -0.3 is 14.5 Å². The Morgan fingerprint density at radius 2 is 1.80 bits per heavy atom. The summed E-state index contributed by atoms with van der Waals surface area (Å²) >= 11 is 0. The predicted molar refractivity (Wildman–Crippen MR) is 165 cm³/mol. The Morgan fingerprint density at radius 1 is 0.955 bits per heavy atom. The molecule has 4 aromatic rings. The van der Waals surface area contributed by atoms with E-state index < -0.39 is 5.92 Å². The molecule has 228 valence electrons. The minimum Gasteiger partial charge on any atom is -0.481 e. The number of carbonyl (C=O) groups excluding carboxylic acids is 1. The number of pyridine rings is 1. The molecule has 0 unspecified atom stereocenters. The van der Waals surface area contributed by atoms with E-state index in [1.54, 1.807) is 13.4 Å². The smallest absolute Gasteiger partial charge is 0.261 e. The summed E-state index contributed by atoms with van der Waals surface area (Å²) in [4.78, 5) is 33.3. The van der Waals surface area contributed by atoms with Gasteiger partial charge in [0.25, 0.3) is 11.8 Å². The Bertz CT molecular complexity index is 1700. The monoisotopic (exact) mass is 598 g/mol. The van der Waals surface area contributed by atoms with Gasteiger partial charge in [-0.3, -0.25) is 9.69 Å². The molecular weight excluding hydrogens is 562 g/mol. The highest BCUT2D eigenvalue weighted by Crippen LogP contribution is 2.34. The molecule has 10 heteroatoms. The number of aryl methyl sites for hydroxylation is 1. The largest absolute Gasteiger partial charge is 0.481 e. The van der Waals surface area contributed by atoms with Gasteiger partial charge in [0.1, 0.15) is 12.1 Å². The van der Waals surface area contributed by atoms with Crippen LogP contribution in [0.2, 0.25) is 0 Å². The van der Waals surface area contributed by atoms with E-state index in [0.717, 1.165) is 64.8 Å². The van der Waals surface area contributed by atoms with E-state index >= 15 is 0 Å². The summed E-state index contributed by atoms with van der Waals surface area (Å²) < 4.78 is 32.7. The van der Waals surface area contributed by atoms with Gasteiger partial charge in [-0.05, 0) is 78.8 Å². The summed E-state index contributed by atoms with van der Waals surface area (Å²) in [5, 5.41) is 0.979. The number of methoxy groups -OCH3 is 1. The summed E-state index contributed by atoms with van der Waals surface area (Å²) in [5.41, 5.74) is 7.03. The van der Waals surface area contributed by atoms with E-state index in [0.29, 0.717) is 37.6 Å². The second-order valence-electron chi connectivity index (χ2n) is 12.2. The molecule has 0 bridgehead atoms. The Kier molecular flexibility index (Phi) is 7.40. The molecule has 2 fully saturated rings. The Morgan fingerprint density at radius 3 is 2.52 bits per heavy atom. The fourth-order valence-corrected chi connectivity index (χ4v) is 6.98. The van der Waals surface area contributed by atoms with Gasteiger partial charge >= 0.3 is 0 Å². The van der Waals surface area contributed by atoms with Crippen LogP contribution in [0.3, 0.4) is 0 Å². The van der Waals surface area contributed by atoms with E-state index in [4.69, 9.17) is 9.72 Å². The molecule has 2 aromatic heterocycles. The molecule has 3 aliphatic heterocycles. The number of halogens is 2. The standard InChI is InChI=1S/C34H36F2N6O2/c1-22-15-26(25-5-6-30(44-2)37-18-25)17-29-31(22)38-21-39-32(29)41-11-7-23-3-4-24(16-27(23)19-41)33(43)40-12-8-28(9-13-40)42-14-10-34(35,36)20-42/h3-6,15-18,21,28H,7-14,19-20H2,1-2H3. The van der Waals surface area contributed by atoms with Crippen molar-refractivity contribution in [3.05, 3.63) is 77.2 Å². The molecule has 2 saturated heterocycles. The third-order valence-electron chi connectivity index (χ3n) is 9.42. The summed E-state index contributed by atoms with van der Waals surface area (Å²) in [6, 6.07) is 14.3. The number of anilines is 1. The Labute approximate surface area is 255 Å². The normalized spacial score (nSPS) is 18.9. The topological polar surface area (TPSA) is 74.7 Å². The molecule has 3 aliphatic rings. The van der Waals surface area contributed by atoms with Crippen molar-refractivity contribution in [2.45, 2.75) is 51.1 Å². The van der Waals surface area contributed by atoms with Gasteiger partial charge in [-0.25, -0.2) is 23.7 Å². The zero-order valence-electron chi connectivity index (χ0n) is 25.1. The van der Waals surface area contributed by atoms with Gasteiger partial charge in [0.15, 0.2) is 0 Å². The van der Waals surface area contributed by atoms with Gasteiger partial charge in [0.05, 0.1) is 19.2 Å². The maximum atomic E-state index is 13.7. The number of aromatic nitrogens is 3. The van der Waals surface area contributed by atoms with Crippen molar-refractivity contribution in [3.63, 3.8) is 0 Å². The first-order valence-corrected chi connectivity index (χ1v) is 15.3. The highest BCUT2D eigenvalue weighted by Gasteiger charge is 2.41. The zero-order chi connectivity index (χ0) is 30.4. The van der Waals surface area contributed by atoms with Crippen LogP contribution in [0, 0.1) is 6.92 Å². The lowest BCUT2D eigenvalue weighted by molar-refractivity contribution is 0.00327. The van der Waals surface area contributed by atoms with E-state index in [1.807, 2.05) is 40.3 Å². The van der Waals surface area contributed by atoms with Gasteiger partial charge in [-0.1, -0.05) is 6.07 Å². The van der Waals surface area contributed by atoms with Crippen molar-refractivity contribution in [2.24, 2.45) is 0 Å². The average molecular weight is 599 g/mol. The minimum absolute atomic E-state index is 0.0102. The third kappa shape index (κ3) is 5.47. The first kappa shape index (κ1) is 28.6. The molecule has 8 nitrogen and oxygen atoms in total. The summed E-state index contributed by atoms with van der Waals surface area (Å²) in [6.07, 6.45) is 5.68. The van der Waals surface area contributed by atoms with Crippen molar-refractivity contribution in [2.75, 3.05) is 44.7 Å². The zero-order valence-corrected chi connectivity index (χ0v) is 25.1. The summed E-state index contributed by atoms with van der Waals surface area (Å²) in [7, 11) is 1.60. The number of hydrogen-bond donors (Lipinski definition) is 0. The number of rotatable bonds is 5. The lowest BCUT2D eigenvalue weighted by atomic mass is 9.95. The molecule has 5 heterocycles. The highest BCUT2D eigenvalue weighted by molar-refractivity contribution is 5.96. The van der Waals surface area contributed by atoms with Crippen molar-refractivity contribution >= 4 is 22.6 Å². The summed E-state index contributed by atoms with van der Waals surface area (Å²) in [5.74, 6) is -1.13. The summed E-state index contributed by atoms with van der Waals surface area (Å²) in [6.45, 7) is 4.97. The van der Waals surface area contributed by atoms with Crippen LogP contribution in [0.4, 0.5) is 14.6 Å². The molecule has 0 aliphatic carbocycles. The van der Waals surface area contributed by atoms with Crippen LogP contribution in [0.1, 0.15) is 46.3 Å². The van der Waals surface area contributed by atoms with E-state index in [-0.39, 0.29) is 24.9 Å². The molecule has 0 N–H and O–H groups in total. The quantitative estimate of drug-likeness (QED) is 0.300. The van der Waals surface area contributed by atoms with Crippen molar-refractivity contribution in [1.29, 1.82) is 0 Å². The number of likely N-dealkylation sites (tertiary alicyclic amines) is 2. The number of hydrogen-bond acceptors (Lipinski definition) is 7. The SMILES string of the molecule is COc1ccc(-c2cc(C)c3ncnc(N4CCc5ccc(C(=O)N6CCC(N7CCC(F)(F)C7)CC6)cc5C4)c3c2)cn1.